The van der Waals surface area contributed by atoms with Crippen LogP contribution in [0.1, 0.15) is 96.9 Å². The zero-order valence-corrected chi connectivity index (χ0v) is 55.4. The first kappa shape index (κ1) is 73.1. The maximum atomic E-state index is 14.4. The molecule has 0 aliphatic carbocycles. The van der Waals surface area contributed by atoms with E-state index in [2.05, 4.69) is 38.4 Å². The molecule has 7 rings (SSSR count). The van der Waals surface area contributed by atoms with Crippen LogP contribution in [-0.2, 0) is 81.4 Å². The zero-order valence-electron chi connectivity index (χ0n) is 54.7. The number of methoxy groups -OCH3 is 1. The third-order valence-corrected chi connectivity index (χ3v) is 18.7. The van der Waals surface area contributed by atoms with Gasteiger partial charge in [0.25, 0.3) is 0 Å². The minimum atomic E-state index is -1.88. The van der Waals surface area contributed by atoms with Gasteiger partial charge < -0.3 is 83.5 Å². The van der Waals surface area contributed by atoms with Crippen LogP contribution < -0.4 is 20.9 Å². The highest BCUT2D eigenvalue weighted by atomic mass is 35.5. The number of halogens is 1. The molecular formula is C66H94ClN7O18. The number of aromatic nitrogens is 1. The highest BCUT2D eigenvalue weighted by Gasteiger charge is 2.64. The van der Waals surface area contributed by atoms with Gasteiger partial charge in [0.05, 0.1) is 74.7 Å². The quantitative estimate of drug-likeness (QED) is 0.0339. The second-order valence-corrected chi connectivity index (χ2v) is 25.4. The number of fused-ring (bicyclic) bond motifs is 6. The van der Waals surface area contributed by atoms with Crippen LogP contribution in [0.4, 0.5) is 10.5 Å². The Bertz CT molecular complexity index is 3160. The van der Waals surface area contributed by atoms with Crippen LogP contribution in [-0.4, -0.2) is 217 Å². The fourth-order valence-electron chi connectivity index (χ4n) is 12.1. The third-order valence-electron chi connectivity index (χ3n) is 18.2. The number of carbonyl (C=O) groups excluding carboxylic acids is 7. The molecule has 2 aromatic carbocycles. The summed E-state index contributed by atoms with van der Waals surface area (Å²) in [5.74, 6) is -5.66. The average molecular weight is 1310 g/mol. The van der Waals surface area contributed by atoms with Gasteiger partial charge in [-0.3, -0.25) is 29.3 Å². The highest BCUT2D eigenvalue weighted by molar-refractivity contribution is 6.34. The third kappa shape index (κ3) is 18.3. The number of ether oxygens (including phenoxy) is 7. The summed E-state index contributed by atoms with van der Waals surface area (Å²) in [6, 6.07) is 12.6. The molecule has 7 N–H and O–H groups in total. The van der Waals surface area contributed by atoms with E-state index in [1.165, 1.54) is 30.9 Å². The van der Waals surface area contributed by atoms with E-state index in [0.717, 1.165) is 39.8 Å². The van der Waals surface area contributed by atoms with Crippen molar-refractivity contribution in [3.8, 4) is 0 Å². The van der Waals surface area contributed by atoms with Gasteiger partial charge in [-0.2, -0.15) is 0 Å². The second-order valence-electron chi connectivity index (χ2n) is 25.0. The maximum Gasteiger partial charge on any atom is 0.409 e. The van der Waals surface area contributed by atoms with Crippen molar-refractivity contribution in [1.29, 1.82) is 0 Å². The second kappa shape index (κ2) is 32.7. The van der Waals surface area contributed by atoms with E-state index < -0.39 is 133 Å². The molecule has 3 aromatic rings. The van der Waals surface area contributed by atoms with Gasteiger partial charge in [-0.15, -0.1) is 0 Å². The first-order chi connectivity index (χ1) is 43.6. The Morgan fingerprint density at radius 1 is 0.967 bits per heavy atom. The van der Waals surface area contributed by atoms with E-state index in [0.29, 0.717) is 30.2 Å². The maximum absolute atomic E-state index is 14.4. The molecule has 14 atom stereocenters. The normalized spacial score (nSPS) is 28.4. The molecular weight excluding hydrogens is 1210 g/mol. The molecule has 3 fully saturated rings. The molecule has 1 unspecified atom stereocenters. The van der Waals surface area contributed by atoms with E-state index in [9.17, 15) is 54.0 Å². The molecule has 26 heteroatoms. The van der Waals surface area contributed by atoms with Crippen molar-refractivity contribution < 1.29 is 87.1 Å². The molecule has 0 spiro atoms. The first-order valence-electron chi connectivity index (χ1n) is 31.5. The highest BCUT2D eigenvalue weighted by Crippen LogP contribution is 2.49. The Kier molecular flexibility index (Phi) is 25.9. The summed E-state index contributed by atoms with van der Waals surface area (Å²) in [5, 5.41) is 51.9. The number of anilines is 1. The number of Topliss-reactive ketones (excluding diaryl/α,β-unsaturated/α-hetero) is 1. The van der Waals surface area contributed by atoms with Crippen LogP contribution in [0.25, 0.3) is 10.9 Å². The lowest BCUT2D eigenvalue weighted by Gasteiger charge is -2.42. The van der Waals surface area contributed by atoms with Crippen molar-refractivity contribution in [2.45, 2.75) is 173 Å². The number of epoxide rings is 1. The number of nitrogens with zero attached hydrogens (tertiary/aromatic N) is 4. The summed E-state index contributed by atoms with van der Waals surface area (Å²) < 4.78 is 43.1. The van der Waals surface area contributed by atoms with Gasteiger partial charge in [0.15, 0.2) is 5.72 Å². The molecule has 4 aliphatic heterocycles. The number of alkyl carbamates (subject to hydrolysis) is 1. The van der Waals surface area contributed by atoms with Crippen LogP contribution in [0.3, 0.4) is 0 Å². The Morgan fingerprint density at radius 3 is 2.39 bits per heavy atom. The fourth-order valence-corrected chi connectivity index (χ4v) is 12.3. The number of esters is 1. The smallest absolute Gasteiger partial charge is 0.409 e. The van der Waals surface area contributed by atoms with Gasteiger partial charge >= 0.3 is 12.1 Å². The molecule has 0 radical (unpaired) electrons. The number of allylic oxidation sites excluding steroid dienone is 3. The zero-order chi connectivity index (χ0) is 67.4. The van der Waals surface area contributed by atoms with Gasteiger partial charge in [0.1, 0.15) is 54.2 Å². The number of hydrogen-bond donors (Lipinski definition) is 7. The number of aliphatic hydroxyl groups excluding tert-OH is 3. The minimum Gasteiger partial charge on any atom is -0.457 e. The number of likely N-dealkylation sites (N-methyl/N-ethyl adjacent to an activating group) is 1. The lowest BCUT2D eigenvalue weighted by molar-refractivity contribution is -0.213. The number of benzene rings is 2. The number of ketones is 1. The van der Waals surface area contributed by atoms with Crippen molar-refractivity contribution in [3.63, 3.8) is 0 Å². The Hall–Kier alpha value is -6.36. The number of para-hydroxylation sites is 1. The molecule has 3 saturated heterocycles. The minimum absolute atomic E-state index is 0.0126. The predicted molar refractivity (Wildman–Crippen MR) is 340 cm³/mol. The summed E-state index contributed by atoms with van der Waals surface area (Å²) >= 11 is 6.85. The van der Waals surface area contributed by atoms with Gasteiger partial charge in [-0.1, -0.05) is 80.4 Å². The van der Waals surface area contributed by atoms with E-state index in [4.69, 9.17) is 44.8 Å². The number of amides is 5. The number of rotatable bonds is 26. The van der Waals surface area contributed by atoms with Crippen LogP contribution in [0.15, 0.2) is 66.3 Å². The topological polar surface area (TPSA) is 319 Å². The molecule has 5 amide bonds. The van der Waals surface area contributed by atoms with Crippen LogP contribution in [0, 0.1) is 24.7 Å². The van der Waals surface area contributed by atoms with Crippen LogP contribution in [0.5, 0.6) is 0 Å². The fraction of sp³-hybridized carbons (Fsp3) is 0.621. The summed E-state index contributed by atoms with van der Waals surface area (Å²) in [7, 11) is 6.45. The number of aliphatic hydroxyl groups is 4. The van der Waals surface area contributed by atoms with Crippen molar-refractivity contribution in [2.75, 3.05) is 79.3 Å². The molecule has 508 valence electrons. The van der Waals surface area contributed by atoms with Crippen molar-refractivity contribution >= 4 is 69.7 Å². The number of hydrogen-bond acceptors (Lipinski definition) is 19. The Balaban J connectivity index is 0.916. The molecule has 25 nitrogen and oxygen atoms in total. The Labute approximate surface area is 542 Å². The van der Waals surface area contributed by atoms with E-state index in [1.54, 1.807) is 40.0 Å². The van der Waals surface area contributed by atoms with Gasteiger partial charge in [-0.25, -0.2) is 9.59 Å². The number of nitrogens with one attached hydrogen (secondary N) is 3. The van der Waals surface area contributed by atoms with Gasteiger partial charge in [-0.05, 0) is 82.4 Å². The Morgan fingerprint density at radius 2 is 1.68 bits per heavy atom. The lowest BCUT2D eigenvalue weighted by atomic mass is 9.83. The molecule has 0 saturated carbocycles. The summed E-state index contributed by atoms with van der Waals surface area (Å²) in [5.41, 5.74) is 1.79. The molecule has 92 heavy (non-hydrogen) atoms. The SMILES string of the molecule is CCN(C)Cc1cc2ccccc2n1CCC(=O)C[C@@H](CC(=O)N[C@@H]1O[C@H](CO)[C@@H](O)[C@H](O)[C@H]1C)C(=O)NCCOCCOCCC(=O)N(C)[C@@H](C)C(=O)O[C@H]1CC(=O)N(C)c2cc(cc(C)c2Cl)C/C(C)=C/C=C/[C@@H](OC)[C@]2(O)C[C@H](OC(=O)N2)[C@@H](C)C2O[C@]21C. The number of carbonyl (C=O) groups is 7. The van der Waals surface area contributed by atoms with E-state index in [-0.39, 0.29) is 70.9 Å². The number of aryl methyl sites for hydroxylation is 2. The van der Waals surface area contributed by atoms with Gasteiger partial charge in [0.2, 0.25) is 23.6 Å². The van der Waals surface area contributed by atoms with E-state index in [1.807, 2.05) is 63.4 Å². The molecule has 5 heterocycles. The summed E-state index contributed by atoms with van der Waals surface area (Å²) in [4.78, 5) is 101. The monoisotopic (exact) mass is 1310 g/mol. The van der Waals surface area contributed by atoms with E-state index >= 15 is 0 Å². The molecule has 1 aromatic heterocycles. The van der Waals surface area contributed by atoms with Crippen molar-refractivity contribution in [3.05, 3.63) is 88.1 Å². The first-order valence-corrected chi connectivity index (χ1v) is 31.9. The standard InChI is InChI=1S/C66H94ClN7O18/c1-12-71(8)36-46-31-44-17-13-14-18-48(44)74(46)23-20-47(76)32-45(33-54(77)69-62-41(5)58(80)59(81)51(37-75)89-62)61(82)68-22-25-88-27-26-87-24-21-55(78)72(9)42(6)63(83)91-53-34-56(79)73(10)49-30-43(29-39(3)57(49)67)28-38(2)16-15-19-52(86-11)66(85)35-50(90-64(84)70-66)40(4)60-65(53,7)92-60/h13-19,29-31,40-42,45,50-53,58-60,62,75,80-81,85H,12,20-28,32-37H2,1-11H3,(H,68,82)(H,69,77)(H,70,84)/b19-15+,38-16+/t40-,41-,42+,45+,50+,51-,52-,53+,58-,59-,60?,62-,65+,66-/m1/s1. The van der Waals surface area contributed by atoms with Crippen LogP contribution in [0.2, 0.25) is 5.02 Å². The van der Waals surface area contributed by atoms with Crippen molar-refractivity contribution in [1.82, 2.24) is 30.3 Å². The average Bonchev–Trinajstić information content (AvgIpc) is 1.57. The molecule has 4 aliphatic rings. The van der Waals surface area contributed by atoms with Gasteiger partial charge in [0, 0.05) is 89.6 Å². The predicted octanol–water partition coefficient (Wildman–Crippen LogP) is 4.01. The van der Waals surface area contributed by atoms with Crippen molar-refractivity contribution in [2.24, 2.45) is 17.8 Å². The lowest BCUT2D eigenvalue weighted by Crippen LogP contribution is -2.63. The molecule has 4 bridgehead atoms. The van der Waals surface area contributed by atoms with Crippen LogP contribution >= 0.6 is 11.6 Å². The summed E-state index contributed by atoms with van der Waals surface area (Å²) in [6.07, 6.45) is -5.12. The summed E-state index contributed by atoms with van der Waals surface area (Å²) in [6.45, 7) is 13.7. The largest absolute Gasteiger partial charge is 0.457 e.